The predicted octanol–water partition coefficient (Wildman–Crippen LogP) is 2.37. The molecule has 0 saturated heterocycles. The molecule has 1 fully saturated rings. The monoisotopic (exact) mass is 379 g/mol. The van der Waals surface area contributed by atoms with Crippen molar-refractivity contribution in [3.63, 3.8) is 0 Å². The predicted molar refractivity (Wildman–Crippen MR) is 101 cm³/mol. The Morgan fingerprint density at radius 3 is 1.96 bits per heavy atom. The molecule has 1 aromatic rings. The lowest BCUT2D eigenvalue weighted by Crippen LogP contribution is -2.30. The van der Waals surface area contributed by atoms with Gasteiger partial charge in [-0.05, 0) is 30.5 Å². The van der Waals surface area contributed by atoms with Gasteiger partial charge in [-0.2, -0.15) is 0 Å². The van der Waals surface area contributed by atoms with Crippen LogP contribution in [0.3, 0.4) is 0 Å². The number of nitrogens with one attached hydrogen (secondary N) is 1. The third kappa shape index (κ3) is 6.41. The van der Waals surface area contributed by atoms with E-state index in [9.17, 15) is 14.7 Å². The first-order valence-electron chi connectivity index (χ1n) is 9.11. The van der Waals surface area contributed by atoms with Crippen LogP contribution < -0.4 is 14.8 Å². The van der Waals surface area contributed by atoms with E-state index in [1.807, 2.05) is 0 Å². The van der Waals surface area contributed by atoms with Gasteiger partial charge in [0.15, 0.2) is 0 Å². The maximum atomic E-state index is 11.8. The Kier molecular flexibility index (Phi) is 7.44. The van der Waals surface area contributed by atoms with Crippen molar-refractivity contribution in [2.75, 3.05) is 34.7 Å². The molecule has 2 rings (SSSR count). The van der Waals surface area contributed by atoms with Crippen LogP contribution in [0.4, 0.5) is 9.59 Å². The number of hydrogen-bond donors (Lipinski definition) is 2. The molecule has 1 aliphatic carbocycles. The van der Waals surface area contributed by atoms with Crippen LogP contribution in [0.2, 0.25) is 0 Å². The topological polar surface area (TPSA) is 91.3 Å². The summed E-state index contributed by atoms with van der Waals surface area (Å²) in [4.78, 5) is 26.3. The number of aliphatic hydroxyl groups is 1. The maximum Gasteiger partial charge on any atom is 0.414 e. The smallest absolute Gasteiger partial charge is 0.410 e. The molecule has 1 aliphatic rings. The summed E-state index contributed by atoms with van der Waals surface area (Å²) in [5.74, 6) is 0.403. The number of carbonyl (C=O) groups is 2. The third-order valence-corrected chi connectivity index (χ3v) is 4.38. The third-order valence-electron chi connectivity index (χ3n) is 4.38. The Morgan fingerprint density at radius 2 is 1.52 bits per heavy atom. The largest absolute Gasteiger partial charge is 0.414 e. The Hall–Kier alpha value is -2.32. The van der Waals surface area contributed by atoms with Crippen molar-refractivity contribution < 1.29 is 24.2 Å². The molecule has 8 heteroatoms. The molecule has 0 aromatic heterocycles. The highest BCUT2D eigenvalue weighted by molar-refractivity contribution is 5.72. The molecule has 0 aliphatic heterocycles. The summed E-state index contributed by atoms with van der Waals surface area (Å²) < 4.78 is 10.6. The molecular formula is C19H29N3O5. The first-order chi connectivity index (χ1) is 12.8. The van der Waals surface area contributed by atoms with Crippen molar-refractivity contribution in [3.8, 4) is 11.5 Å². The van der Waals surface area contributed by atoms with Gasteiger partial charge in [-0.3, -0.25) is 0 Å². The number of hydrogen-bond acceptors (Lipinski definition) is 6. The Bertz CT molecular complexity index is 616. The van der Waals surface area contributed by atoms with Gasteiger partial charge in [-0.1, -0.05) is 12.8 Å². The van der Waals surface area contributed by atoms with E-state index in [2.05, 4.69) is 5.32 Å². The van der Waals surface area contributed by atoms with E-state index < -0.39 is 18.3 Å². The number of carbonyl (C=O) groups excluding carboxylic acids is 2. The molecule has 8 nitrogen and oxygen atoms in total. The summed E-state index contributed by atoms with van der Waals surface area (Å²) in [5.41, 5.74) is 0.506. The highest BCUT2D eigenvalue weighted by atomic mass is 16.6. The number of rotatable bonds is 6. The zero-order valence-electron chi connectivity index (χ0n) is 16.4. The second-order valence-corrected chi connectivity index (χ2v) is 7.17. The number of ether oxygens (including phenoxy) is 2. The molecule has 0 bridgehead atoms. The van der Waals surface area contributed by atoms with Crippen LogP contribution in [-0.2, 0) is 0 Å². The molecule has 2 N–H and O–H groups in total. The summed E-state index contributed by atoms with van der Waals surface area (Å²) in [5, 5.41) is 13.9. The summed E-state index contributed by atoms with van der Waals surface area (Å²) in [6.07, 6.45) is 2.69. The van der Waals surface area contributed by atoms with Crippen LogP contribution in [0.1, 0.15) is 37.4 Å². The second kappa shape index (κ2) is 9.57. The van der Waals surface area contributed by atoms with Crippen LogP contribution in [0.15, 0.2) is 18.2 Å². The number of amides is 2. The highest BCUT2D eigenvalue weighted by Gasteiger charge is 2.19. The molecule has 27 heavy (non-hydrogen) atoms. The van der Waals surface area contributed by atoms with Gasteiger partial charge < -0.3 is 29.7 Å². The zero-order valence-corrected chi connectivity index (χ0v) is 16.4. The van der Waals surface area contributed by atoms with Gasteiger partial charge >= 0.3 is 12.2 Å². The lowest BCUT2D eigenvalue weighted by Gasteiger charge is -2.19. The van der Waals surface area contributed by atoms with Crippen LogP contribution in [0.25, 0.3) is 0 Å². The normalized spacial score (nSPS) is 15.3. The molecule has 1 saturated carbocycles. The van der Waals surface area contributed by atoms with Crippen molar-refractivity contribution in [1.82, 2.24) is 15.1 Å². The fraction of sp³-hybridized carbons (Fsp3) is 0.579. The van der Waals surface area contributed by atoms with Gasteiger partial charge in [0.25, 0.3) is 0 Å². The number of aliphatic hydroxyl groups excluding tert-OH is 1. The molecule has 1 aromatic carbocycles. The standard InChI is InChI=1S/C19H29N3O5/c1-21(2)18(24)26-15-9-13(10-16(11-15)27-19(25)22(3)4)17(23)12-20-14-7-5-6-8-14/h9-11,14,17,20,23H,5-8,12H2,1-4H3. The Balaban J connectivity index is 2.16. The van der Waals surface area contributed by atoms with Gasteiger partial charge in [0.1, 0.15) is 11.5 Å². The van der Waals surface area contributed by atoms with E-state index in [0.29, 0.717) is 18.2 Å². The van der Waals surface area contributed by atoms with E-state index in [0.717, 1.165) is 12.8 Å². The average molecular weight is 379 g/mol. The quantitative estimate of drug-likeness (QED) is 0.789. The average Bonchev–Trinajstić information content (AvgIpc) is 3.12. The SMILES string of the molecule is CN(C)C(=O)Oc1cc(OC(=O)N(C)C)cc(C(O)CNC2CCCC2)c1. The second-order valence-electron chi connectivity index (χ2n) is 7.17. The lowest BCUT2D eigenvalue weighted by molar-refractivity contribution is 0.163. The molecule has 0 radical (unpaired) electrons. The van der Waals surface area contributed by atoms with Gasteiger partial charge in [0.05, 0.1) is 6.10 Å². The lowest BCUT2D eigenvalue weighted by atomic mass is 10.1. The highest BCUT2D eigenvalue weighted by Crippen LogP contribution is 2.28. The van der Waals surface area contributed by atoms with Gasteiger partial charge in [-0.15, -0.1) is 0 Å². The van der Waals surface area contributed by atoms with E-state index >= 15 is 0 Å². The minimum Gasteiger partial charge on any atom is -0.410 e. The number of benzene rings is 1. The van der Waals surface area contributed by atoms with Crippen LogP contribution in [0, 0.1) is 0 Å². The van der Waals surface area contributed by atoms with Crippen molar-refractivity contribution in [2.45, 2.75) is 37.8 Å². The summed E-state index contributed by atoms with van der Waals surface area (Å²) in [6, 6.07) is 5.02. The minimum absolute atomic E-state index is 0.202. The van der Waals surface area contributed by atoms with Crippen LogP contribution in [-0.4, -0.2) is 67.9 Å². The maximum absolute atomic E-state index is 11.8. The van der Waals surface area contributed by atoms with E-state index in [1.54, 1.807) is 40.3 Å². The van der Waals surface area contributed by atoms with Crippen molar-refractivity contribution in [2.24, 2.45) is 0 Å². The van der Waals surface area contributed by atoms with Gasteiger partial charge in [-0.25, -0.2) is 9.59 Å². The van der Waals surface area contributed by atoms with Crippen LogP contribution >= 0.6 is 0 Å². The molecule has 1 atom stereocenters. The summed E-state index contributed by atoms with van der Waals surface area (Å²) in [7, 11) is 6.28. The van der Waals surface area contributed by atoms with Crippen LogP contribution in [0.5, 0.6) is 11.5 Å². The fourth-order valence-electron chi connectivity index (χ4n) is 2.81. The molecule has 0 spiro atoms. The summed E-state index contributed by atoms with van der Waals surface area (Å²) in [6.45, 7) is 0.372. The zero-order chi connectivity index (χ0) is 20.0. The van der Waals surface area contributed by atoms with Crippen molar-refractivity contribution >= 4 is 12.2 Å². The fourth-order valence-corrected chi connectivity index (χ4v) is 2.81. The van der Waals surface area contributed by atoms with Gasteiger partial charge in [0, 0.05) is 46.8 Å². The Labute approximate surface area is 160 Å². The molecule has 2 amide bonds. The molecular weight excluding hydrogens is 350 g/mol. The number of nitrogens with zero attached hydrogens (tertiary/aromatic N) is 2. The summed E-state index contributed by atoms with van der Waals surface area (Å²) >= 11 is 0. The minimum atomic E-state index is -0.819. The van der Waals surface area contributed by atoms with Crippen molar-refractivity contribution in [1.29, 1.82) is 0 Å². The first kappa shape index (κ1) is 21.0. The molecule has 1 unspecified atom stereocenters. The van der Waals surface area contributed by atoms with Gasteiger partial charge in [0.2, 0.25) is 0 Å². The molecule has 0 heterocycles. The van der Waals surface area contributed by atoms with Crippen molar-refractivity contribution in [3.05, 3.63) is 23.8 Å². The van der Waals surface area contributed by atoms with E-state index in [4.69, 9.17) is 9.47 Å². The first-order valence-corrected chi connectivity index (χ1v) is 9.11. The van der Waals surface area contributed by atoms with E-state index in [-0.39, 0.29) is 11.5 Å². The molecule has 150 valence electrons. The van der Waals surface area contributed by atoms with E-state index in [1.165, 1.54) is 28.7 Å². The Morgan fingerprint density at radius 1 is 1.04 bits per heavy atom.